The lowest BCUT2D eigenvalue weighted by Crippen LogP contribution is -2.32. The van der Waals surface area contributed by atoms with Crippen LogP contribution >= 0.6 is 0 Å². The maximum Gasteiger partial charge on any atom is 0.357 e. The topological polar surface area (TPSA) is 61.8 Å². The molecule has 0 atom stereocenters. The standard InChI is InChI=1S/C24H19F2N3O/c1-2-29-21-15-19(23(25,26)16-27)13-14-20(21)28-22(29)24(30,17-9-5-3-6-10-17)18-11-7-4-8-12-18/h3-15,30H,2H2,1H3. The van der Waals surface area contributed by atoms with Crippen LogP contribution in [0.15, 0.2) is 78.9 Å². The molecule has 0 amide bonds. The highest BCUT2D eigenvalue weighted by atomic mass is 19.3. The quantitative estimate of drug-likeness (QED) is 0.513. The predicted molar refractivity (Wildman–Crippen MR) is 110 cm³/mol. The summed E-state index contributed by atoms with van der Waals surface area (Å²) < 4.78 is 29.7. The summed E-state index contributed by atoms with van der Waals surface area (Å²) in [4.78, 5) is 4.64. The van der Waals surface area contributed by atoms with Gasteiger partial charge in [0.1, 0.15) is 6.07 Å². The van der Waals surface area contributed by atoms with Gasteiger partial charge in [0.05, 0.1) is 11.0 Å². The molecule has 30 heavy (non-hydrogen) atoms. The molecule has 0 aliphatic carbocycles. The fraction of sp³-hybridized carbons (Fsp3) is 0.167. The SMILES string of the molecule is CCn1c(C(O)(c2ccccc2)c2ccccc2)nc2ccc(C(F)(F)C#N)cc21. The molecule has 4 rings (SSSR count). The van der Waals surface area contributed by atoms with Crippen LogP contribution < -0.4 is 0 Å². The second kappa shape index (κ2) is 7.36. The molecule has 0 spiro atoms. The predicted octanol–water partition coefficient (Wildman–Crippen LogP) is 4.96. The van der Waals surface area contributed by atoms with E-state index in [1.807, 2.05) is 67.6 Å². The molecule has 0 unspecified atom stereocenters. The fourth-order valence-electron chi connectivity index (χ4n) is 3.76. The molecular weight excluding hydrogens is 384 g/mol. The number of hydrogen-bond donors (Lipinski definition) is 1. The van der Waals surface area contributed by atoms with E-state index >= 15 is 0 Å². The Morgan fingerprint density at radius 3 is 2.00 bits per heavy atom. The van der Waals surface area contributed by atoms with Crippen LogP contribution in [-0.4, -0.2) is 14.7 Å². The zero-order valence-corrected chi connectivity index (χ0v) is 16.3. The van der Waals surface area contributed by atoms with Crippen LogP contribution in [0.1, 0.15) is 29.4 Å². The molecule has 0 aliphatic rings. The molecule has 1 N–H and O–H groups in total. The van der Waals surface area contributed by atoms with Crippen LogP contribution in [0, 0.1) is 11.3 Å². The minimum Gasteiger partial charge on any atom is -0.373 e. The third kappa shape index (κ3) is 3.04. The van der Waals surface area contributed by atoms with E-state index in [4.69, 9.17) is 5.26 Å². The van der Waals surface area contributed by atoms with Crippen LogP contribution in [0.3, 0.4) is 0 Å². The zero-order valence-electron chi connectivity index (χ0n) is 16.3. The van der Waals surface area contributed by atoms with Crippen molar-refractivity contribution in [3.8, 4) is 6.07 Å². The van der Waals surface area contributed by atoms with Gasteiger partial charge in [-0.25, -0.2) is 4.98 Å². The van der Waals surface area contributed by atoms with E-state index in [1.54, 1.807) is 4.57 Å². The van der Waals surface area contributed by atoms with Gasteiger partial charge in [-0.05, 0) is 36.2 Å². The van der Waals surface area contributed by atoms with Crippen molar-refractivity contribution in [3.05, 3.63) is 101 Å². The van der Waals surface area contributed by atoms with E-state index in [0.717, 1.165) is 6.07 Å². The molecule has 0 aliphatic heterocycles. The minimum absolute atomic E-state index is 0.329. The van der Waals surface area contributed by atoms with Crippen LogP contribution in [-0.2, 0) is 18.1 Å². The van der Waals surface area contributed by atoms with Crippen LogP contribution in [0.25, 0.3) is 11.0 Å². The van der Waals surface area contributed by atoms with Crippen LogP contribution in [0.4, 0.5) is 8.78 Å². The van der Waals surface area contributed by atoms with Crippen molar-refractivity contribution < 1.29 is 13.9 Å². The summed E-state index contributed by atoms with van der Waals surface area (Å²) in [5.74, 6) is -3.28. The van der Waals surface area contributed by atoms with Crippen molar-refractivity contribution >= 4 is 11.0 Å². The normalized spacial score (nSPS) is 12.1. The van der Waals surface area contributed by atoms with Crippen molar-refractivity contribution in [1.82, 2.24) is 9.55 Å². The number of hydrogen-bond acceptors (Lipinski definition) is 3. The number of nitriles is 1. The second-order valence-corrected chi connectivity index (χ2v) is 7.01. The van der Waals surface area contributed by atoms with Gasteiger partial charge in [-0.1, -0.05) is 60.7 Å². The van der Waals surface area contributed by atoms with E-state index in [9.17, 15) is 13.9 Å². The number of aliphatic hydroxyl groups is 1. The lowest BCUT2D eigenvalue weighted by Gasteiger charge is -2.29. The van der Waals surface area contributed by atoms with Crippen molar-refractivity contribution in [2.24, 2.45) is 0 Å². The molecule has 0 saturated heterocycles. The molecule has 1 heterocycles. The van der Waals surface area contributed by atoms with Gasteiger partial charge >= 0.3 is 5.92 Å². The average molecular weight is 403 g/mol. The highest BCUT2D eigenvalue weighted by Gasteiger charge is 2.39. The zero-order chi connectivity index (χ0) is 21.4. The maximum absolute atomic E-state index is 14.0. The monoisotopic (exact) mass is 403 g/mol. The number of benzene rings is 3. The summed E-state index contributed by atoms with van der Waals surface area (Å²) in [6.45, 7) is 2.26. The Balaban J connectivity index is 2.03. The van der Waals surface area contributed by atoms with E-state index in [-0.39, 0.29) is 0 Å². The Labute approximate surface area is 172 Å². The van der Waals surface area contributed by atoms with Crippen LogP contribution in [0.2, 0.25) is 0 Å². The second-order valence-electron chi connectivity index (χ2n) is 7.01. The first-order valence-electron chi connectivity index (χ1n) is 9.55. The molecule has 1 aromatic heterocycles. The third-order valence-electron chi connectivity index (χ3n) is 5.27. The van der Waals surface area contributed by atoms with Crippen molar-refractivity contribution in [2.75, 3.05) is 0 Å². The average Bonchev–Trinajstić information content (AvgIpc) is 3.18. The highest BCUT2D eigenvalue weighted by Crippen LogP contribution is 2.38. The van der Waals surface area contributed by atoms with E-state index in [2.05, 4.69) is 4.98 Å². The molecule has 4 aromatic rings. The Bertz CT molecular complexity index is 1190. The van der Waals surface area contributed by atoms with Gasteiger partial charge in [0, 0.05) is 12.1 Å². The van der Waals surface area contributed by atoms with Crippen molar-refractivity contribution in [2.45, 2.75) is 25.0 Å². The molecular formula is C24H19F2N3O. The molecule has 4 nitrogen and oxygen atoms in total. The van der Waals surface area contributed by atoms with E-state index < -0.39 is 17.1 Å². The Morgan fingerprint density at radius 1 is 0.933 bits per heavy atom. The Kier molecular flexibility index (Phi) is 4.84. The summed E-state index contributed by atoms with van der Waals surface area (Å²) in [6, 6.07) is 23.2. The molecule has 0 fully saturated rings. The number of aromatic nitrogens is 2. The molecule has 3 aromatic carbocycles. The molecule has 0 bridgehead atoms. The number of halogens is 2. The number of alkyl halides is 2. The van der Waals surface area contributed by atoms with Gasteiger partial charge in [-0.15, -0.1) is 0 Å². The largest absolute Gasteiger partial charge is 0.373 e. The van der Waals surface area contributed by atoms with Gasteiger partial charge in [0.15, 0.2) is 11.4 Å². The first kappa shape index (κ1) is 19.7. The van der Waals surface area contributed by atoms with Crippen molar-refractivity contribution in [3.63, 3.8) is 0 Å². The molecule has 150 valence electrons. The Morgan fingerprint density at radius 2 is 1.50 bits per heavy atom. The van der Waals surface area contributed by atoms with Gasteiger partial charge < -0.3 is 9.67 Å². The van der Waals surface area contributed by atoms with E-state index in [1.165, 1.54) is 18.2 Å². The molecule has 0 saturated carbocycles. The summed E-state index contributed by atoms with van der Waals surface area (Å²) in [5, 5.41) is 20.8. The van der Waals surface area contributed by atoms with E-state index in [0.29, 0.717) is 34.5 Å². The number of nitrogens with zero attached hydrogens (tertiary/aromatic N) is 3. The highest BCUT2D eigenvalue weighted by molar-refractivity contribution is 5.78. The van der Waals surface area contributed by atoms with Gasteiger partial charge in [0.25, 0.3) is 0 Å². The summed E-state index contributed by atoms with van der Waals surface area (Å²) >= 11 is 0. The molecule has 0 radical (unpaired) electrons. The van der Waals surface area contributed by atoms with Crippen molar-refractivity contribution in [1.29, 1.82) is 5.26 Å². The number of fused-ring (bicyclic) bond motifs is 1. The van der Waals surface area contributed by atoms with Gasteiger partial charge in [0.2, 0.25) is 0 Å². The Hall–Kier alpha value is -3.56. The smallest absolute Gasteiger partial charge is 0.357 e. The molecule has 6 heteroatoms. The lowest BCUT2D eigenvalue weighted by atomic mass is 9.85. The third-order valence-corrected chi connectivity index (χ3v) is 5.27. The summed E-state index contributed by atoms with van der Waals surface area (Å²) in [7, 11) is 0. The lowest BCUT2D eigenvalue weighted by molar-refractivity contribution is 0.0614. The number of aryl methyl sites for hydroxylation is 1. The fourth-order valence-corrected chi connectivity index (χ4v) is 3.76. The summed E-state index contributed by atoms with van der Waals surface area (Å²) in [6.07, 6.45) is 0. The van der Waals surface area contributed by atoms with Gasteiger partial charge in [-0.3, -0.25) is 0 Å². The minimum atomic E-state index is -3.60. The van der Waals surface area contributed by atoms with Gasteiger partial charge in [-0.2, -0.15) is 14.0 Å². The number of rotatable bonds is 5. The summed E-state index contributed by atoms with van der Waals surface area (Å²) in [5.41, 5.74) is 0.143. The first-order chi connectivity index (χ1) is 14.4. The maximum atomic E-state index is 14.0. The first-order valence-corrected chi connectivity index (χ1v) is 9.55. The number of imidazole rings is 1. The van der Waals surface area contributed by atoms with Crippen LogP contribution in [0.5, 0.6) is 0 Å².